The molecule has 0 radical (unpaired) electrons. The van der Waals surface area contributed by atoms with E-state index in [9.17, 15) is 4.79 Å². The molecule has 2 aromatic heterocycles. The van der Waals surface area contributed by atoms with Crippen molar-refractivity contribution in [2.45, 2.75) is 6.54 Å². The van der Waals surface area contributed by atoms with Gasteiger partial charge in [0.15, 0.2) is 0 Å². The summed E-state index contributed by atoms with van der Waals surface area (Å²) >= 11 is 0. The second kappa shape index (κ2) is 7.70. The average Bonchev–Trinajstić information content (AvgIpc) is 2.67. The molecule has 2 N–H and O–H groups in total. The third kappa shape index (κ3) is 4.39. The van der Waals surface area contributed by atoms with Gasteiger partial charge in [0.2, 0.25) is 0 Å². The molecule has 0 saturated carbocycles. The van der Waals surface area contributed by atoms with E-state index in [1.165, 1.54) is 0 Å². The van der Waals surface area contributed by atoms with Gasteiger partial charge in [-0.2, -0.15) is 5.26 Å². The molecule has 0 atom stereocenters. The molecule has 3 rings (SSSR count). The van der Waals surface area contributed by atoms with E-state index in [0.717, 1.165) is 11.4 Å². The van der Waals surface area contributed by atoms with Crippen molar-refractivity contribution in [2.24, 2.45) is 0 Å². The van der Waals surface area contributed by atoms with Gasteiger partial charge in [-0.15, -0.1) is 0 Å². The fraction of sp³-hybridized carbons (Fsp3) is 0.0526. The lowest BCUT2D eigenvalue weighted by Gasteiger charge is -2.08. The molecule has 0 aliphatic heterocycles. The van der Waals surface area contributed by atoms with Gasteiger partial charge in [0, 0.05) is 23.8 Å². The summed E-state index contributed by atoms with van der Waals surface area (Å²) < 4.78 is 0. The molecule has 0 unspecified atom stereocenters. The smallest absolute Gasteiger partial charge is 0.274 e. The lowest BCUT2D eigenvalue weighted by Crippen LogP contribution is -2.14. The number of amides is 1. The van der Waals surface area contributed by atoms with Gasteiger partial charge in [0.1, 0.15) is 5.69 Å². The first-order chi connectivity index (χ1) is 12.2. The van der Waals surface area contributed by atoms with Crippen molar-refractivity contribution < 1.29 is 4.79 Å². The van der Waals surface area contributed by atoms with E-state index in [2.05, 4.69) is 20.6 Å². The Morgan fingerprint density at radius 1 is 1.00 bits per heavy atom. The van der Waals surface area contributed by atoms with Gasteiger partial charge >= 0.3 is 0 Å². The molecule has 0 saturated heterocycles. The number of nitrogens with zero attached hydrogens (tertiary/aromatic N) is 3. The van der Waals surface area contributed by atoms with Crippen molar-refractivity contribution in [3.63, 3.8) is 0 Å². The maximum absolute atomic E-state index is 12.3. The number of nitrogens with one attached hydrogen (secondary N) is 2. The average molecular weight is 329 g/mol. The molecule has 6 nitrogen and oxygen atoms in total. The van der Waals surface area contributed by atoms with E-state index in [1.54, 1.807) is 48.8 Å². The number of rotatable bonds is 5. The third-order valence-corrected chi connectivity index (χ3v) is 3.44. The summed E-state index contributed by atoms with van der Waals surface area (Å²) in [6.45, 7) is 0.552. The Balaban J connectivity index is 1.68. The van der Waals surface area contributed by atoms with E-state index in [-0.39, 0.29) is 11.6 Å². The van der Waals surface area contributed by atoms with Crippen LogP contribution in [0.3, 0.4) is 0 Å². The Bertz CT molecular complexity index is 918. The Labute approximate surface area is 145 Å². The molecule has 0 spiro atoms. The van der Waals surface area contributed by atoms with Gasteiger partial charge < -0.3 is 10.6 Å². The molecule has 3 aromatic rings. The summed E-state index contributed by atoms with van der Waals surface area (Å²) in [7, 11) is 0. The van der Waals surface area contributed by atoms with Gasteiger partial charge in [-0.05, 0) is 42.5 Å². The normalized spacial score (nSPS) is 9.88. The van der Waals surface area contributed by atoms with Gasteiger partial charge in [-0.3, -0.25) is 14.8 Å². The number of pyridine rings is 2. The second-order valence-corrected chi connectivity index (χ2v) is 5.25. The van der Waals surface area contributed by atoms with Gasteiger partial charge in [-0.1, -0.05) is 12.1 Å². The fourth-order valence-corrected chi connectivity index (χ4v) is 2.22. The van der Waals surface area contributed by atoms with Gasteiger partial charge in [-0.25, -0.2) is 0 Å². The lowest BCUT2D eigenvalue weighted by molar-refractivity contribution is 0.102. The third-order valence-electron chi connectivity index (χ3n) is 3.44. The number of benzene rings is 1. The van der Waals surface area contributed by atoms with Crippen LogP contribution in [0.15, 0.2) is 67.0 Å². The number of aromatic nitrogens is 2. The van der Waals surface area contributed by atoms with Crippen molar-refractivity contribution in [3.05, 3.63) is 83.9 Å². The summed E-state index contributed by atoms with van der Waals surface area (Å²) in [6.07, 6.45) is 3.30. The summed E-state index contributed by atoms with van der Waals surface area (Å²) in [5.41, 5.74) is 3.00. The highest BCUT2D eigenvalue weighted by atomic mass is 16.1. The maximum Gasteiger partial charge on any atom is 0.274 e. The topological polar surface area (TPSA) is 90.7 Å². The van der Waals surface area contributed by atoms with E-state index >= 15 is 0 Å². The number of carbonyl (C=O) groups excluding carboxylic acids is 1. The largest absolute Gasteiger partial charge is 0.379 e. The van der Waals surface area contributed by atoms with Crippen LogP contribution in [-0.4, -0.2) is 15.9 Å². The van der Waals surface area contributed by atoms with Crippen LogP contribution in [0.4, 0.5) is 11.4 Å². The molecule has 1 amide bonds. The second-order valence-electron chi connectivity index (χ2n) is 5.25. The van der Waals surface area contributed by atoms with Crippen molar-refractivity contribution in [1.82, 2.24) is 9.97 Å². The number of carbonyl (C=O) groups is 1. The molecule has 0 fully saturated rings. The Hall–Kier alpha value is -3.72. The highest BCUT2D eigenvalue weighted by Gasteiger charge is 2.09. The first-order valence-electron chi connectivity index (χ1n) is 7.66. The lowest BCUT2D eigenvalue weighted by atomic mass is 10.2. The SMILES string of the molecule is N#Cc1cccc(NC(=O)c2cc(NCc3ccccn3)ccn2)c1. The minimum absolute atomic E-state index is 0.286. The van der Waals surface area contributed by atoms with Crippen molar-refractivity contribution in [2.75, 3.05) is 10.6 Å². The molecule has 0 aliphatic rings. The predicted molar refractivity (Wildman–Crippen MR) is 94.9 cm³/mol. The molecule has 6 heteroatoms. The first kappa shape index (κ1) is 16.1. The highest BCUT2D eigenvalue weighted by molar-refractivity contribution is 6.03. The molecule has 0 bridgehead atoms. The molecule has 1 aromatic carbocycles. The minimum Gasteiger partial charge on any atom is -0.379 e. The Morgan fingerprint density at radius 2 is 1.92 bits per heavy atom. The van der Waals surface area contributed by atoms with E-state index in [1.807, 2.05) is 24.3 Å². The van der Waals surface area contributed by atoms with Crippen LogP contribution < -0.4 is 10.6 Å². The van der Waals surface area contributed by atoms with Crippen LogP contribution in [0, 0.1) is 11.3 Å². The maximum atomic E-state index is 12.3. The van der Waals surface area contributed by atoms with E-state index in [0.29, 0.717) is 17.8 Å². The van der Waals surface area contributed by atoms with Crippen LogP contribution >= 0.6 is 0 Å². The monoisotopic (exact) mass is 329 g/mol. The number of anilines is 2. The molecule has 2 heterocycles. The zero-order valence-electron chi connectivity index (χ0n) is 13.3. The van der Waals surface area contributed by atoms with Crippen LogP contribution in [0.5, 0.6) is 0 Å². The molecular formula is C19H15N5O. The van der Waals surface area contributed by atoms with Crippen molar-refractivity contribution in [1.29, 1.82) is 5.26 Å². The molecule has 25 heavy (non-hydrogen) atoms. The van der Waals surface area contributed by atoms with Crippen LogP contribution in [0.1, 0.15) is 21.7 Å². The Morgan fingerprint density at radius 3 is 2.72 bits per heavy atom. The fourth-order valence-electron chi connectivity index (χ4n) is 2.22. The number of hydrogen-bond acceptors (Lipinski definition) is 5. The standard InChI is InChI=1S/C19H15N5O/c20-12-14-4-3-6-16(10-14)24-19(25)18-11-15(7-9-22-18)23-13-17-5-1-2-8-21-17/h1-11H,13H2,(H,22,23)(H,24,25). The minimum atomic E-state index is -0.337. The molecular weight excluding hydrogens is 314 g/mol. The van der Waals surface area contributed by atoms with Crippen LogP contribution in [0.25, 0.3) is 0 Å². The zero-order chi connectivity index (χ0) is 17.5. The summed E-state index contributed by atoms with van der Waals surface area (Å²) in [5.74, 6) is -0.337. The van der Waals surface area contributed by atoms with Gasteiger partial charge in [0.25, 0.3) is 5.91 Å². The summed E-state index contributed by atoms with van der Waals surface area (Å²) in [4.78, 5) is 20.7. The van der Waals surface area contributed by atoms with E-state index in [4.69, 9.17) is 5.26 Å². The van der Waals surface area contributed by atoms with Crippen molar-refractivity contribution >= 4 is 17.3 Å². The molecule has 122 valence electrons. The number of hydrogen-bond donors (Lipinski definition) is 2. The zero-order valence-corrected chi connectivity index (χ0v) is 13.3. The Kier molecular flexibility index (Phi) is 4.98. The quantitative estimate of drug-likeness (QED) is 0.750. The predicted octanol–water partition coefficient (Wildman–Crippen LogP) is 3.21. The highest BCUT2D eigenvalue weighted by Crippen LogP contribution is 2.13. The number of nitriles is 1. The molecule has 0 aliphatic carbocycles. The summed E-state index contributed by atoms with van der Waals surface area (Å²) in [6, 6.07) is 17.9. The first-order valence-corrected chi connectivity index (χ1v) is 7.66. The summed E-state index contributed by atoms with van der Waals surface area (Å²) in [5, 5.41) is 14.9. The van der Waals surface area contributed by atoms with E-state index < -0.39 is 0 Å². The van der Waals surface area contributed by atoms with Crippen molar-refractivity contribution in [3.8, 4) is 6.07 Å². The van der Waals surface area contributed by atoms with Gasteiger partial charge in [0.05, 0.1) is 23.9 Å². The van der Waals surface area contributed by atoms with Crippen LogP contribution in [0.2, 0.25) is 0 Å². The van der Waals surface area contributed by atoms with Crippen LogP contribution in [-0.2, 0) is 6.54 Å².